The average molecular weight is 286 g/mol. The molecule has 1 atom stereocenters. The third-order valence-electron chi connectivity index (χ3n) is 2.71. The highest BCUT2D eigenvalue weighted by Crippen LogP contribution is 2.34. The molecule has 0 bridgehead atoms. The highest BCUT2D eigenvalue weighted by atomic mass is 35.5. The zero-order chi connectivity index (χ0) is 13.1. The molecule has 0 aliphatic heterocycles. The van der Waals surface area contributed by atoms with E-state index in [1.807, 2.05) is 11.4 Å². The molecule has 18 heavy (non-hydrogen) atoms. The molecule has 1 aromatic heterocycles. The lowest BCUT2D eigenvalue weighted by Gasteiger charge is -2.17. The molecule has 0 spiro atoms. The first-order valence-electron chi connectivity index (χ1n) is 5.41. The molecule has 0 fully saturated rings. The number of nitrogens with one attached hydrogen (secondary N) is 1. The Balaban J connectivity index is 2.42. The van der Waals surface area contributed by atoms with Gasteiger partial charge in [-0.05, 0) is 24.6 Å². The highest BCUT2D eigenvalue weighted by molar-refractivity contribution is 7.10. The second-order valence-electron chi connectivity index (χ2n) is 3.74. The van der Waals surface area contributed by atoms with Gasteiger partial charge in [-0.15, -0.1) is 11.3 Å². The predicted octanol–water partition coefficient (Wildman–Crippen LogP) is 3.86. The van der Waals surface area contributed by atoms with Crippen molar-refractivity contribution in [2.24, 2.45) is 0 Å². The lowest BCUT2D eigenvalue weighted by atomic mass is 10.0. The van der Waals surface area contributed by atoms with Gasteiger partial charge in [0.05, 0.1) is 18.2 Å². The van der Waals surface area contributed by atoms with E-state index in [2.05, 4.69) is 5.32 Å². The first-order chi connectivity index (χ1) is 8.67. The largest absolute Gasteiger partial charge is 0.497 e. The molecule has 1 N–H and O–H groups in total. The summed E-state index contributed by atoms with van der Waals surface area (Å²) in [5, 5.41) is 5.63. The van der Waals surface area contributed by atoms with Crippen LogP contribution in [0.2, 0.25) is 5.02 Å². The number of thiophene rings is 1. The monoisotopic (exact) mass is 285 g/mol. The first kappa shape index (κ1) is 13.3. The van der Waals surface area contributed by atoms with Crippen molar-refractivity contribution in [2.75, 3.05) is 14.2 Å². The molecule has 0 saturated heterocycles. The molecule has 0 aliphatic carbocycles. The number of benzene rings is 1. The van der Waals surface area contributed by atoms with Crippen LogP contribution < -0.4 is 10.1 Å². The quantitative estimate of drug-likeness (QED) is 0.921. The van der Waals surface area contributed by atoms with Crippen LogP contribution in [0.5, 0.6) is 5.75 Å². The van der Waals surface area contributed by atoms with Crippen LogP contribution in [0.1, 0.15) is 16.5 Å². The Kier molecular flexibility index (Phi) is 4.22. The standard InChI is InChI=1S/C13H13ClFNOS/c1-16-12(13-10(14)5-6-18-13)9-4-3-8(17-2)7-11(9)15/h3-7,12,16H,1-2H3. The molecule has 1 aromatic carbocycles. The maximum Gasteiger partial charge on any atom is 0.132 e. The smallest absolute Gasteiger partial charge is 0.132 e. The fourth-order valence-corrected chi connectivity index (χ4v) is 3.10. The van der Waals surface area contributed by atoms with Gasteiger partial charge in [0.1, 0.15) is 11.6 Å². The summed E-state index contributed by atoms with van der Waals surface area (Å²) in [6, 6.07) is 6.40. The zero-order valence-electron chi connectivity index (χ0n) is 10.0. The molecule has 0 saturated carbocycles. The number of ether oxygens (including phenoxy) is 1. The minimum Gasteiger partial charge on any atom is -0.497 e. The van der Waals surface area contributed by atoms with E-state index in [0.717, 1.165) is 4.88 Å². The van der Waals surface area contributed by atoms with E-state index in [0.29, 0.717) is 16.3 Å². The van der Waals surface area contributed by atoms with E-state index in [-0.39, 0.29) is 11.9 Å². The second-order valence-corrected chi connectivity index (χ2v) is 5.10. The molecule has 1 heterocycles. The van der Waals surface area contributed by atoms with Crippen LogP contribution in [0.25, 0.3) is 0 Å². The van der Waals surface area contributed by atoms with Crippen molar-refractivity contribution in [2.45, 2.75) is 6.04 Å². The normalized spacial score (nSPS) is 12.4. The topological polar surface area (TPSA) is 21.3 Å². The fraction of sp³-hybridized carbons (Fsp3) is 0.231. The SMILES string of the molecule is CNC(c1ccc(OC)cc1F)c1sccc1Cl. The van der Waals surface area contributed by atoms with Crippen LogP contribution in [0.3, 0.4) is 0 Å². The van der Waals surface area contributed by atoms with Crippen molar-refractivity contribution in [3.05, 3.63) is 50.9 Å². The number of hydrogen-bond acceptors (Lipinski definition) is 3. The van der Waals surface area contributed by atoms with E-state index < -0.39 is 0 Å². The van der Waals surface area contributed by atoms with Crippen LogP contribution >= 0.6 is 22.9 Å². The van der Waals surface area contributed by atoms with Crippen molar-refractivity contribution >= 4 is 22.9 Å². The number of rotatable bonds is 4. The van der Waals surface area contributed by atoms with Crippen molar-refractivity contribution in [1.82, 2.24) is 5.32 Å². The molecule has 2 rings (SSSR count). The van der Waals surface area contributed by atoms with Gasteiger partial charge in [-0.25, -0.2) is 4.39 Å². The lowest BCUT2D eigenvalue weighted by molar-refractivity contribution is 0.410. The predicted molar refractivity (Wildman–Crippen MR) is 73.2 cm³/mol. The summed E-state index contributed by atoms with van der Waals surface area (Å²) < 4.78 is 19.0. The number of methoxy groups -OCH3 is 1. The van der Waals surface area contributed by atoms with E-state index in [9.17, 15) is 4.39 Å². The van der Waals surface area contributed by atoms with Crippen LogP contribution in [0.15, 0.2) is 29.6 Å². The van der Waals surface area contributed by atoms with Gasteiger partial charge in [0.15, 0.2) is 0 Å². The van der Waals surface area contributed by atoms with Gasteiger partial charge in [-0.1, -0.05) is 17.7 Å². The van der Waals surface area contributed by atoms with E-state index in [1.54, 1.807) is 19.2 Å². The van der Waals surface area contributed by atoms with Crippen LogP contribution in [0.4, 0.5) is 4.39 Å². The average Bonchev–Trinajstić information content (AvgIpc) is 2.78. The third kappa shape index (κ3) is 2.51. The summed E-state index contributed by atoms with van der Waals surface area (Å²) >= 11 is 7.60. The van der Waals surface area contributed by atoms with Gasteiger partial charge in [-0.3, -0.25) is 0 Å². The lowest BCUT2D eigenvalue weighted by Crippen LogP contribution is -2.18. The van der Waals surface area contributed by atoms with Gasteiger partial charge in [0, 0.05) is 16.5 Å². The highest BCUT2D eigenvalue weighted by Gasteiger charge is 2.20. The molecule has 2 aromatic rings. The summed E-state index contributed by atoms with van der Waals surface area (Å²) in [7, 11) is 3.30. The molecule has 2 nitrogen and oxygen atoms in total. The van der Waals surface area contributed by atoms with Crippen LogP contribution in [-0.4, -0.2) is 14.2 Å². The summed E-state index contributed by atoms with van der Waals surface area (Å²) in [4.78, 5) is 0.906. The summed E-state index contributed by atoms with van der Waals surface area (Å²) in [6.45, 7) is 0. The third-order valence-corrected chi connectivity index (χ3v) is 4.14. The molecule has 1 unspecified atom stereocenters. The maximum atomic E-state index is 14.0. The van der Waals surface area contributed by atoms with Gasteiger partial charge in [0.25, 0.3) is 0 Å². The van der Waals surface area contributed by atoms with E-state index >= 15 is 0 Å². The van der Waals surface area contributed by atoms with Gasteiger partial charge >= 0.3 is 0 Å². The Morgan fingerprint density at radius 3 is 2.67 bits per heavy atom. The summed E-state index contributed by atoms with van der Waals surface area (Å²) in [5.74, 6) is 0.196. The molecule has 96 valence electrons. The summed E-state index contributed by atoms with van der Waals surface area (Å²) in [5.41, 5.74) is 0.558. The Hall–Kier alpha value is -1.10. The Morgan fingerprint density at radius 1 is 1.39 bits per heavy atom. The Morgan fingerprint density at radius 2 is 2.17 bits per heavy atom. The Labute approximate surface area is 114 Å². The van der Waals surface area contributed by atoms with Gasteiger partial charge in [0.2, 0.25) is 0 Å². The van der Waals surface area contributed by atoms with E-state index in [4.69, 9.17) is 16.3 Å². The van der Waals surface area contributed by atoms with Gasteiger partial charge < -0.3 is 10.1 Å². The van der Waals surface area contributed by atoms with Gasteiger partial charge in [-0.2, -0.15) is 0 Å². The zero-order valence-corrected chi connectivity index (χ0v) is 11.6. The molecule has 0 radical (unpaired) electrons. The minimum atomic E-state index is -0.307. The molecule has 0 aliphatic rings. The maximum absolute atomic E-state index is 14.0. The molecule has 0 amide bonds. The van der Waals surface area contributed by atoms with Crippen molar-refractivity contribution in [1.29, 1.82) is 0 Å². The van der Waals surface area contributed by atoms with Crippen LogP contribution in [-0.2, 0) is 0 Å². The summed E-state index contributed by atoms with van der Waals surface area (Å²) in [6.07, 6.45) is 0. The van der Waals surface area contributed by atoms with Crippen molar-refractivity contribution in [3.63, 3.8) is 0 Å². The second kappa shape index (κ2) is 5.69. The molecular weight excluding hydrogens is 273 g/mol. The Bertz CT molecular complexity index is 544. The molecule has 5 heteroatoms. The number of hydrogen-bond donors (Lipinski definition) is 1. The van der Waals surface area contributed by atoms with Crippen LogP contribution in [0, 0.1) is 5.82 Å². The van der Waals surface area contributed by atoms with Crippen molar-refractivity contribution < 1.29 is 9.13 Å². The fourth-order valence-electron chi connectivity index (χ4n) is 1.81. The minimum absolute atomic E-state index is 0.247. The number of halogens is 2. The van der Waals surface area contributed by atoms with E-state index in [1.165, 1.54) is 24.5 Å². The molecular formula is C13H13ClFNOS. The first-order valence-corrected chi connectivity index (χ1v) is 6.66. The van der Waals surface area contributed by atoms with Crippen molar-refractivity contribution in [3.8, 4) is 5.75 Å².